The minimum absolute atomic E-state index is 0.157. The Labute approximate surface area is 92.0 Å². The molecule has 0 aliphatic heterocycles. The van der Waals surface area contributed by atoms with Gasteiger partial charge in [0.15, 0.2) is 11.6 Å². The summed E-state index contributed by atoms with van der Waals surface area (Å²) in [6.45, 7) is 0. The molecule has 0 heterocycles. The van der Waals surface area contributed by atoms with E-state index in [1.165, 1.54) is 12.1 Å². The van der Waals surface area contributed by atoms with Crippen molar-refractivity contribution in [1.29, 1.82) is 0 Å². The van der Waals surface area contributed by atoms with Gasteiger partial charge in [-0.15, -0.1) is 0 Å². The molecule has 84 valence electrons. The standard InChI is InChI=1S/C6H5F2N.C6H6O/c7-4-2-1-3-5(9)6(4)8;7-6-4-2-1-3-5-6/h1-3H,9H2;1-5,7H. The van der Waals surface area contributed by atoms with Crippen LogP contribution in [0.5, 0.6) is 5.75 Å². The topological polar surface area (TPSA) is 46.2 Å². The Bertz CT molecular complexity index is 426. The van der Waals surface area contributed by atoms with E-state index in [4.69, 9.17) is 10.8 Å². The van der Waals surface area contributed by atoms with E-state index in [0.717, 1.165) is 6.07 Å². The fourth-order valence-electron chi connectivity index (χ4n) is 0.948. The zero-order valence-corrected chi connectivity index (χ0v) is 8.40. The molecule has 4 heteroatoms. The average molecular weight is 223 g/mol. The Morgan fingerprint density at radius 2 is 1.50 bits per heavy atom. The van der Waals surface area contributed by atoms with Crippen molar-refractivity contribution in [3.8, 4) is 5.75 Å². The Kier molecular flexibility index (Phi) is 4.27. The van der Waals surface area contributed by atoms with Crippen LogP contribution in [0.1, 0.15) is 0 Å². The summed E-state index contributed by atoms with van der Waals surface area (Å²) < 4.78 is 24.4. The maximum absolute atomic E-state index is 12.2. The van der Waals surface area contributed by atoms with Gasteiger partial charge in [0.1, 0.15) is 5.75 Å². The summed E-state index contributed by atoms with van der Waals surface area (Å²) in [5.74, 6) is -1.56. The summed E-state index contributed by atoms with van der Waals surface area (Å²) in [4.78, 5) is 0. The van der Waals surface area contributed by atoms with E-state index in [9.17, 15) is 8.78 Å². The maximum atomic E-state index is 12.2. The van der Waals surface area contributed by atoms with E-state index in [1.54, 1.807) is 24.3 Å². The van der Waals surface area contributed by atoms with E-state index in [-0.39, 0.29) is 5.69 Å². The van der Waals surface area contributed by atoms with Crippen molar-refractivity contribution < 1.29 is 13.9 Å². The summed E-state index contributed by atoms with van der Waals surface area (Å²) in [6.07, 6.45) is 0. The van der Waals surface area contributed by atoms with Crippen molar-refractivity contribution in [3.05, 3.63) is 60.2 Å². The molecule has 2 rings (SSSR count). The molecule has 2 aromatic rings. The molecule has 0 saturated carbocycles. The lowest BCUT2D eigenvalue weighted by Gasteiger charge is -1.93. The van der Waals surface area contributed by atoms with E-state index in [2.05, 4.69) is 0 Å². The van der Waals surface area contributed by atoms with Gasteiger partial charge in [-0.05, 0) is 24.3 Å². The molecule has 0 atom stereocenters. The number of para-hydroxylation sites is 1. The van der Waals surface area contributed by atoms with Crippen LogP contribution in [0.3, 0.4) is 0 Å². The lowest BCUT2D eigenvalue weighted by atomic mass is 10.3. The van der Waals surface area contributed by atoms with Crippen LogP contribution in [0, 0.1) is 11.6 Å². The first-order valence-electron chi connectivity index (χ1n) is 4.54. The largest absolute Gasteiger partial charge is 0.508 e. The molecule has 2 aromatic carbocycles. The van der Waals surface area contributed by atoms with Crippen molar-refractivity contribution >= 4 is 5.69 Å². The van der Waals surface area contributed by atoms with Crippen molar-refractivity contribution in [2.45, 2.75) is 0 Å². The van der Waals surface area contributed by atoms with Crippen molar-refractivity contribution in [2.24, 2.45) is 0 Å². The number of phenols is 1. The summed E-state index contributed by atoms with van der Waals surface area (Å²) in [5.41, 5.74) is 4.85. The summed E-state index contributed by atoms with van der Waals surface area (Å²) >= 11 is 0. The van der Waals surface area contributed by atoms with Gasteiger partial charge in [-0.3, -0.25) is 0 Å². The third-order valence-corrected chi connectivity index (χ3v) is 1.74. The summed E-state index contributed by atoms with van der Waals surface area (Å²) in [7, 11) is 0. The second-order valence-corrected chi connectivity index (χ2v) is 2.98. The second-order valence-electron chi connectivity index (χ2n) is 2.98. The van der Waals surface area contributed by atoms with E-state index in [1.807, 2.05) is 6.07 Å². The van der Waals surface area contributed by atoms with Crippen LogP contribution in [0.25, 0.3) is 0 Å². The Balaban J connectivity index is 0.000000165. The molecule has 16 heavy (non-hydrogen) atoms. The zero-order valence-electron chi connectivity index (χ0n) is 8.40. The van der Waals surface area contributed by atoms with Gasteiger partial charge in [-0.25, -0.2) is 8.78 Å². The number of hydrogen-bond donors (Lipinski definition) is 2. The summed E-state index contributed by atoms with van der Waals surface area (Å²) in [6, 6.07) is 12.4. The number of phenolic OH excluding ortho intramolecular Hbond substituents is 1. The minimum Gasteiger partial charge on any atom is -0.508 e. The van der Waals surface area contributed by atoms with E-state index < -0.39 is 11.6 Å². The molecule has 0 unspecified atom stereocenters. The van der Waals surface area contributed by atoms with E-state index >= 15 is 0 Å². The number of rotatable bonds is 0. The first-order valence-corrected chi connectivity index (χ1v) is 4.54. The van der Waals surface area contributed by atoms with Gasteiger partial charge in [-0.2, -0.15) is 0 Å². The Morgan fingerprint density at radius 3 is 1.88 bits per heavy atom. The predicted molar refractivity (Wildman–Crippen MR) is 58.9 cm³/mol. The van der Waals surface area contributed by atoms with Gasteiger partial charge in [0.2, 0.25) is 0 Å². The number of benzene rings is 2. The molecule has 2 nitrogen and oxygen atoms in total. The SMILES string of the molecule is Nc1cccc(F)c1F.Oc1ccccc1. The smallest absolute Gasteiger partial charge is 0.181 e. The Hall–Kier alpha value is -2.10. The van der Waals surface area contributed by atoms with Gasteiger partial charge in [-0.1, -0.05) is 24.3 Å². The van der Waals surface area contributed by atoms with Gasteiger partial charge in [0, 0.05) is 0 Å². The highest BCUT2D eigenvalue weighted by atomic mass is 19.2. The number of aromatic hydroxyl groups is 1. The monoisotopic (exact) mass is 223 g/mol. The number of nitrogens with two attached hydrogens (primary N) is 1. The van der Waals surface area contributed by atoms with Gasteiger partial charge in [0.05, 0.1) is 5.69 Å². The quantitative estimate of drug-likeness (QED) is 0.674. The van der Waals surface area contributed by atoms with Crippen LogP contribution in [-0.4, -0.2) is 5.11 Å². The molecule has 0 radical (unpaired) electrons. The number of anilines is 1. The van der Waals surface area contributed by atoms with Crippen molar-refractivity contribution in [2.75, 3.05) is 5.73 Å². The lowest BCUT2D eigenvalue weighted by molar-refractivity contribution is 0.475. The molecular formula is C12H11F2NO. The van der Waals surface area contributed by atoms with Crippen molar-refractivity contribution in [3.63, 3.8) is 0 Å². The van der Waals surface area contributed by atoms with Crippen molar-refractivity contribution in [1.82, 2.24) is 0 Å². The second kappa shape index (κ2) is 5.70. The highest BCUT2D eigenvalue weighted by molar-refractivity contribution is 5.39. The van der Waals surface area contributed by atoms with Gasteiger partial charge in [0.25, 0.3) is 0 Å². The van der Waals surface area contributed by atoms with Gasteiger partial charge < -0.3 is 10.8 Å². The van der Waals surface area contributed by atoms with Crippen LogP contribution < -0.4 is 5.73 Å². The average Bonchev–Trinajstić information content (AvgIpc) is 2.28. The molecule has 0 aliphatic carbocycles. The van der Waals surface area contributed by atoms with Crippen LogP contribution in [0.4, 0.5) is 14.5 Å². The number of halogens is 2. The third-order valence-electron chi connectivity index (χ3n) is 1.74. The predicted octanol–water partition coefficient (Wildman–Crippen LogP) is 2.94. The first kappa shape index (κ1) is 12.0. The third kappa shape index (κ3) is 3.57. The van der Waals surface area contributed by atoms with Crippen LogP contribution >= 0.6 is 0 Å². The normalized spacial score (nSPS) is 9.12. The maximum Gasteiger partial charge on any atom is 0.181 e. The fraction of sp³-hybridized carbons (Fsp3) is 0. The molecule has 0 bridgehead atoms. The molecule has 0 aromatic heterocycles. The van der Waals surface area contributed by atoms with Crippen LogP contribution in [0.15, 0.2) is 48.5 Å². The molecule has 0 fully saturated rings. The van der Waals surface area contributed by atoms with Crippen LogP contribution in [0.2, 0.25) is 0 Å². The van der Waals surface area contributed by atoms with Gasteiger partial charge >= 0.3 is 0 Å². The lowest BCUT2D eigenvalue weighted by Crippen LogP contribution is -1.92. The molecular weight excluding hydrogens is 212 g/mol. The highest BCUT2D eigenvalue weighted by Gasteiger charge is 2.01. The molecule has 0 saturated heterocycles. The number of hydrogen-bond acceptors (Lipinski definition) is 2. The zero-order chi connectivity index (χ0) is 12.0. The summed E-state index contributed by atoms with van der Waals surface area (Å²) in [5, 5.41) is 8.63. The first-order chi connectivity index (χ1) is 7.61. The molecule has 0 aliphatic rings. The number of nitrogen functional groups attached to an aromatic ring is 1. The minimum atomic E-state index is -0.975. The van der Waals surface area contributed by atoms with Crippen LogP contribution in [-0.2, 0) is 0 Å². The highest BCUT2D eigenvalue weighted by Crippen LogP contribution is 2.11. The molecule has 0 amide bonds. The van der Waals surface area contributed by atoms with E-state index in [0.29, 0.717) is 5.75 Å². The molecule has 3 N–H and O–H groups in total. The fourth-order valence-corrected chi connectivity index (χ4v) is 0.948. The molecule has 0 spiro atoms. The Morgan fingerprint density at radius 1 is 0.875 bits per heavy atom.